The molecule has 0 aliphatic heterocycles. The first-order valence-corrected chi connectivity index (χ1v) is 7.37. The van der Waals surface area contributed by atoms with E-state index in [4.69, 9.17) is 4.74 Å². The van der Waals surface area contributed by atoms with Crippen LogP contribution in [0.4, 0.5) is 13.2 Å². The van der Waals surface area contributed by atoms with Gasteiger partial charge >= 0.3 is 12.1 Å². The third-order valence-corrected chi connectivity index (χ3v) is 4.11. The molecule has 2 rings (SSSR count). The molecule has 0 spiro atoms. The second-order valence-corrected chi connectivity index (χ2v) is 5.63. The first-order valence-electron chi connectivity index (χ1n) is 7.37. The summed E-state index contributed by atoms with van der Waals surface area (Å²) in [5.74, 6) is -1.53. The van der Waals surface area contributed by atoms with Gasteiger partial charge in [0, 0.05) is 0 Å². The summed E-state index contributed by atoms with van der Waals surface area (Å²) in [7, 11) is 1.20. The fraction of sp³-hybridized carbons (Fsp3) is 0.500. The lowest BCUT2D eigenvalue weighted by molar-refractivity contribution is -0.149. The van der Waals surface area contributed by atoms with Gasteiger partial charge in [0.05, 0.1) is 18.2 Å². The Morgan fingerprint density at radius 3 is 2.30 bits per heavy atom. The maximum atomic E-state index is 13.0. The number of amides is 1. The van der Waals surface area contributed by atoms with Crippen molar-refractivity contribution >= 4 is 11.9 Å². The van der Waals surface area contributed by atoms with Crippen LogP contribution in [0.25, 0.3) is 0 Å². The fourth-order valence-electron chi connectivity index (χ4n) is 2.94. The highest BCUT2D eigenvalue weighted by atomic mass is 19.4. The molecule has 1 aromatic carbocycles. The number of hydrogen-bond acceptors (Lipinski definition) is 3. The predicted octanol–water partition coefficient (Wildman–Crippen LogP) is 3.31. The highest BCUT2D eigenvalue weighted by Crippen LogP contribution is 2.33. The highest BCUT2D eigenvalue weighted by molar-refractivity contribution is 5.99. The molecule has 1 aliphatic carbocycles. The summed E-state index contributed by atoms with van der Waals surface area (Å²) in [6, 6.07) is 4.53. The summed E-state index contributed by atoms with van der Waals surface area (Å²) in [5, 5.41) is 2.50. The van der Waals surface area contributed by atoms with Gasteiger partial charge in [0.1, 0.15) is 5.54 Å². The van der Waals surface area contributed by atoms with Gasteiger partial charge in [-0.2, -0.15) is 13.2 Å². The summed E-state index contributed by atoms with van der Waals surface area (Å²) < 4.78 is 43.9. The van der Waals surface area contributed by atoms with E-state index >= 15 is 0 Å². The van der Waals surface area contributed by atoms with Crippen molar-refractivity contribution in [2.24, 2.45) is 0 Å². The van der Waals surface area contributed by atoms with Crippen LogP contribution in [-0.4, -0.2) is 24.5 Å². The number of methoxy groups -OCH3 is 1. The molecule has 0 saturated heterocycles. The number of nitrogens with one attached hydrogen (secondary N) is 1. The lowest BCUT2D eigenvalue weighted by Crippen LogP contribution is -2.56. The van der Waals surface area contributed by atoms with E-state index in [1.54, 1.807) is 0 Å². The van der Waals surface area contributed by atoms with Crippen LogP contribution in [0.15, 0.2) is 24.3 Å². The summed E-state index contributed by atoms with van der Waals surface area (Å²) in [6.45, 7) is 0. The quantitative estimate of drug-likeness (QED) is 0.866. The van der Waals surface area contributed by atoms with Crippen molar-refractivity contribution in [3.63, 3.8) is 0 Å². The average molecular weight is 329 g/mol. The minimum Gasteiger partial charge on any atom is -0.467 e. The second kappa shape index (κ2) is 6.60. The van der Waals surface area contributed by atoms with E-state index in [2.05, 4.69) is 5.32 Å². The van der Waals surface area contributed by atoms with Gasteiger partial charge in [-0.05, 0) is 25.0 Å². The van der Waals surface area contributed by atoms with Crippen LogP contribution >= 0.6 is 0 Å². The number of halogens is 3. The Kier molecular flexibility index (Phi) is 4.97. The molecule has 1 N–H and O–H groups in total. The van der Waals surface area contributed by atoms with Gasteiger partial charge in [0.25, 0.3) is 5.91 Å². The summed E-state index contributed by atoms with van der Waals surface area (Å²) in [5.41, 5.74) is -2.76. The lowest BCUT2D eigenvalue weighted by Gasteiger charge is -2.35. The number of alkyl halides is 3. The molecule has 23 heavy (non-hydrogen) atoms. The van der Waals surface area contributed by atoms with Crippen LogP contribution in [0, 0.1) is 0 Å². The Bertz CT molecular complexity index is 592. The van der Waals surface area contributed by atoms with Gasteiger partial charge in [-0.3, -0.25) is 4.79 Å². The highest BCUT2D eigenvalue weighted by Gasteiger charge is 2.43. The Morgan fingerprint density at radius 2 is 1.74 bits per heavy atom. The van der Waals surface area contributed by atoms with Crippen molar-refractivity contribution in [1.82, 2.24) is 5.32 Å². The topological polar surface area (TPSA) is 55.4 Å². The van der Waals surface area contributed by atoms with Crippen molar-refractivity contribution in [2.45, 2.75) is 43.8 Å². The summed E-state index contributed by atoms with van der Waals surface area (Å²) >= 11 is 0. The number of benzene rings is 1. The van der Waals surface area contributed by atoms with Crippen LogP contribution in [0.3, 0.4) is 0 Å². The number of carbonyl (C=O) groups excluding carboxylic acids is 2. The number of rotatable bonds is 3. The molecule has 1 fully saturated rings. The molecule has 1 aromatic rings. The minimum absolute atomic E-state index is 0.361. The number of esters is 1. The molecular weight excluding hydrogens is 311 g/mol. The molecule has 0 heterocycles. The monoisotopic (exact) mass is 329 g/mol. The van der Waals surface area contributed by atoms with Crippen LogP contribution in [0.5, 0.6) is 0 Å². The standard InChI is InChI=1S/C16H18F3NO3/c1-23-14(22)15(9-5-2-6-10-15)20-13(21)11-7-3-4-8-12(11)16(17,18)19/h3-4,7-8H,2,5-6,9-10H2,1H3,(H,20,21). The van der Waals surface area contributed by atoms with Crippen LogP contribution in [0.1, 0.15) is 48.0 Å². The van der Waals surface area contributed by atoms with E-state index in [9.17, 15) is 22.8 Å². The molecule has 0 aromatic heterocycles. The first kappa shape index (κ1) is 17.3. The van der Waals surface area contributed by atoms with E-state index in [0.29, 0.717) is 25.7 Å². The maximum Gasteiger partial charge on any atom is 0.417 e. The van der Waals surface area contributed by atoms with Gasteiger partial charge in [-0.25, -0.2) is 4.79 Å². The number of ether oxygens (including phenoxy) is 1. The molecule has 0 radical (unpaired) electrons. The third kappa shape index (κ3) is 3.65. The summed E-state index contributed by atoms with van der Waals surface area (Å²) in [4.78, 5) is 24.5. The van der Waals surface area contributed by atoms with E-state index in [0.717, 1.165) is 18.6 Å². The lowest BCUT2D eigenvalue weighted by atomic mass is 9.81. The van der Waals surface area contributed by atoms with Crippen molar-refractivity contribution < 1.29 is 27.5 Å². The average Bonchev–Trinajstić information content (AvgIpc) is 2.54. The molecule has 0 unspecified atom stereocenters. The Hall–Kier alpha value is -2.05. The summed E-state index contributed by atoms with van der Waals surface area (Å²) in [6.07, 6.45) is -1.60. The van der Waals surface area contributed by atoms with Crippen molar-refractivity contribution in [3.8, 4) is 0 Å². The Morgan fingerprint density at radius 1 is 1.13 bits per heavy atom. The predicted molar refractivity (Wildman–Crippen MR) is 76.7 cm³/mol. The van der Waals surface area contributed by atoms with E-state index in [1.807, 2.05) is 0 Å². The molecule has 126 valence electrons. The Balaban J connectivity index is 2.32. The van der Waals surface area contributed by atoms with Crippen molar-refractivity contribution in [1.29, 1.82) is 0 Å². The molecule has 1 saturated carbocycles. The largest absolute Gasteiger partial charge is 0.467 e. The van der Waals surface area contributed by atoms with E-state index < -0.39 is 34.7 Å². The van der Waals surface area contributed by atoms with Crippen LogP contribution in [0.2, 0.25) is 0 Å². The van der Waals surface area contributed by atoms with Crippen molar-refractivity contribution in [3.05, 3.63) is 35.4 Å². The molecule has 4 nitrogen and oxygen atoms in total. The minimum atomic E-state index is -4.64. The van der Waals surface area contributed by atoms with Gasteiger partial charge < -0.3 is 10.1 Å². The van der Waals surface area contributed by atoms with E-state index in [1.165, 1.54) is 19.2 Å². The zero-order valence-electron chi connectivity index (χ0n) is 12.7. The van der Waals surface area contributed by atoms with Gasteiger partial charge in [-0.1, -0.05) is 31.4 Å². The number of carbonyl (C=O) groups is 2. The molecule has 0 atom stereocenters. The first-order chi connectivity index (χ1) is 10.8. The SMILES string of the molecule is COC(=O)C1(NC(=O)c2ccccc2C(F)(F)F)CCCCC1. The molecular formula is C16H18F3NO3. The molecule has 1 amide bonds. The zero-order valence-corrected chi connectivity index (χ0v) is 12.7. The second-order valence-electron chi connectivity index (χ2n) is 5.63. The van der Waals surface area contributed by atoms with Crippen LogP contribution < -0.4 is 5.32 Å². The maximum absolute atomic E-state index is 13.0. The molecule has 1 aliphatic rings. The fourth-order valence-corrected chi connectivity index (χ4v) is 2.94. The zero-order chi connectivity index (χ0) is 17.1. The van der Waals surface area contributed by atoms with Gasteiger partial charge in [0.2, 0.25) is 0 Å². The van der Waals surface area contributed by atoms with Crippen molar-refractivity contribution in [2.75, 3.05) is 7.11 Å². The van der Waals surface area contributed by atoms with Gasteiger partial charge in [0.15, 0.2) is 0 Å². The Labute approximate surface area is 132 Å². The third-order valence-electron chi connectivity index (χ3n) is 4.11. The van der Waals surface area contributed by atoms with Gasteiger partial charge in [-0.15, -0.1) is 0 Å². The normalized spacial score (nSPS) is 17.4. The smallest absolute Gasteiger partial charge is 0.417 e. The molecule has 0 bridgehead atoms. The molecule has 7 heteroatoms. The van der Waals surface area contributed by atoms with E-state index in [-0.39, 0.29) is 0 Å². The van der Waals surface area contributed by atoms with Crippen LogP contribution in [-0.2, 0) is 15.7 Å². The number of hydrogen-bond donors (Lipinski definition) is 1.